The van der Waals surface area contributed by atoms with Crippen LogP contribution in [0.3, 0.4) is 0 Å². The summed E-state index contributed by atoms with van der Waals surface area (Å²) in [5.74, 6) is -0.0633. The van der Waals surface area contributed by atoms with Crippen molar-refractivity contribution in [2.75, 3.05) is 0 Å². The van der Waals surface area contributed by atoms with Crippen molar-refractivity contribution >= 4 is 23.2 Å². The van der Waals surface area contributed by atoms with Gasteiger partial charge in [0.15, 0.2) is 16.1 Å². The van der Waals surface area contributed by atoms with E-state index in [0.29, 0.717) is 5.56 Å². The minimum Gasteiger partial charge on any atom is -0.485 e. The molecule has 0 fully saturated rings. The molecule has 0 saturated heterocycles. The van der Waals surface area contributed by atoms with E-state index in [1.807, 2.05) is 0 Å². The summed E-state index contributed by atoms with van der Waals surface area (Å²) in [5, 5.41) is 7.37. The number of hydrogen-bond acceptors (Lipinski definition) is 3. The molecule has 0 unspecified atom stereocenters. The van der Waals surface area contributed by atoms with Gasteiger partial charge in [0.05, 0.1) is 0 Å². The summed E-state index contributed by atoms with van der Waals surface area (Å²) in [4.78, 5) is 0. The Hall–Kier alpha value is -1.39. The Kier molecular flexibility index (Phi) is 3.76. The average Bonchev–Trinajstić information content (AvgIpc) is 2.32. The van der Waals surface area contributed by atoms with E-state index in [4.69, 9.17) is 27.9 Å². The van der Waals surface area contributed by atoms with Crippen LogP contribution in [-0.2, 0) is 6.61 Å². The Morgan fingerprint density at radius 1 is 1.18 bits per heavy atom. The first-order chi connectivity index (χ1) is 8.16. The zero-order chi connectivity index (χ0) is 12.3. The molecule has 0 bridgehead atoms. The number of aromatic nitrogens is 2. The van der Waals surface area contributed by atoms with Crippen molar-refractivity contribution in [3.63, 3.8) is 0 Å². The van der Waals surface area contributed by atoms with Crippen LogP contribution in [0.5, 0.6) is 5.75 Å². The molecule has 2 rings (SSSR count). The maximum atomic E-state index is 13.3. The molecular formula is C11H7Cl2FN2O. The lowest BCUT2D eigenvalue weighted by Gasteiger charge is -2.07. The highest BCUT2D eigenvalue weighted by Gasteiger charge is 2.07. The highest BCUT2D eigenvalue weighted by molar-refractivity contribution is 6.32. The SMILES string of the molecule is Fc1ccccc1COc1cc(Cl)nnc1Cl. The first-order valence-electron chi connectivity index (χ1n) is 4.72. The summed E-state index contributed by atoms with van der Waals surface area (Å²) in [6, 6.07) is 7.74. The molecule has 3 nitrogen and oxygen atoms in total. The number of rotatable bonds is 3. The molecule has 6 heteroatoms. The van der Waals surface area contributed by atoms with Gasteiger partial charge in [0.2, 0.25) is 0 Å². The van der Waals surface area contributed by atoms with Crippen molar-refractivity contribution < 1.29 is 9.13 Å². The molecule has 0 atom stereocenters. The van der Waals surface area contributed by atoms with Crippen molar-refractivity contribution in [3.8, 4) is 5.75 Å². The zero-order valence-corrected chi connectivity index (χ0v) is 10.0. The summed E-state index contributed by atoms with van der Waals surface area (Å²) < 4.78 is 18.6. The second-order valence-electron chi connectivity index (χ2n) is 3.20. The van der Waals surface area contributed by atoms with Crippen LogP contribution in [0, 0.1) is 5.82 Å². The van der Waals surface area contributed by atoms with Crippen molar-refractivity contribution in [2.24, 2.45) is 0 Å². The predicted octanol–water partition coefficient (Wildman–Crippen LogP) is 3.50. The monoisotopic (exact) mass is 272 g/mol. The first kappa shape index (κ1) is 12.1. The maximum Gasteiger partial charge on any atom is 0.193 e. The molecule has 2 aromatic rings. The van der Waals surface area contributed by atoms with Gasteiger partial charge in [0, 0.05) is 11.6 Å². The van der Waals surface area contributed by atoms with Gasteiger partial charge in [0.1, 0.15) is 12.4 Å². The highest BCUT2D eigenvalue weighted by Crippen LogP contribution is 2.24. The Morgan fingerprint density at radius 3 is 2.71 bits per heavy atom. The van der Waals surface area contributed by atoms with Gasteiger partial charge in [-0.2, -0.15) is 0 Å². The van der Waals surface area contributed by atoms with Crippen LogP contribution >= 0.6 is 23.2 Å². The summed E-state index contributed by atoms with van der Waals surface area (Å²) in [5.41, 5.74) is 0.427. The second-order valence-corrected chi connectivity index (χ2v) is 3.95. The van der Waals surface area contributed by atoms with Gasteiger partial charge in [-0.15, -0.1) is 10.2 Å². The van der Waals surface area contributed by atoms with Gasteiger partial charge < -0.3 is 4.74 Å². The van der Waals surface area contributed by atoms with E-state index >= 15 is 0 Å². The standard InChI is InChI=1S/C11H7Cl2FN2O/c12-10-5-9(11(13)16-15-10)17-6-7-3-1-2-4-8(7)14/h1-5H,6H2. The van der Waals surface area contributed by atoms with Gasteiger partial charge >= 0.3 is 0 Å². The van der Waals surface area contributed by atoms with E-state index in [0.717, 1.165) is 0 Å². The fraction of sp³-hybridized carbons (Fsp3) is 0.0909. The minimum absolute atomic E-state index is 0.0500. The van der Waals surface area contributed by atoms with E-state index in [1.54, 1.807) is 18.2 Å². The number of benzene rings is 1. The molecule has 0 saturated carbocycles. The molecule has 0 radical (unpaired) electrons. The van der Waals surface area contributed by atoms with Crippen LogP contribution < -0.4 is 4.74 Å². The topological polar surface area (TPSA) is 35.0 Å². The van der Waals surface area contributed by atoms with Crippen molar-refractivity contribution in [2.45, 2.75) is 6.61 Å². The fourth-order valence-electron chi connectivity index (χ4n) is 1.21. The lowest BCUT2D eigenvalue weighted by Crippen LogP contribution is -2.00. The quantitative estimate of drug-likeness (QED) is 0.858. The van der Waals surface area contributed by atoms with Crippen molar-refractivity contribution in [3.05, 3.63) is 52.0 Å². The lowest BCUT2D eigenvalue weighted by atomic mass is 10.2. The molecule has 0 aliphatic carbocycles. The third kappa shape index (κ3) is 3.05. The lowest BCUT2D eigenvalue weighted by molar-refractivity contribution is 0.298. The summed E-state index contributed by atoms with van der Waals surface area (Å²) >= 11 is 11.4. The van der Waals surface area contributed by atoms with Crippen molar-refractivity contribution in [1.82, 2.24) is 10.2 Å². The van der Waals surface area contributed by atoms with Crippen LogP contribution in [0.25, 0.3) is 0 Å². The molecule has 17 heavy (non-hydrogen) atoms. The highest BCUT2D eigenvalue weighted by atomic mass is 35.5. The first-order valence-corrected chi connectivity index (χ1v) is 5.47. The number of halogens is 3. The Morgan fingerprint density at radius 2 is 1.94 bits per heavy atom. The normalized spacial score (nSPS) is 10.3. The van der Waals surface area contributed by atoms with Crippen LogP contribution in [0.15, 0.2) is 30.3 Å². The van der Waals surface area contributed by atoms with Gasteiger partial charge in [-0.05, 0) is 6.07 Å². The second kappa shape index (κ2) is 5.29. The van der Waals surface area contributed by atoms with E-state index in [9.17, 15) is 4.39 Å². The predicted molar refractivity (Wildman–Crippen MR) is 62.8 cm³/mol. The smallest absolute Gasteiger partial charge is 0.193 e. The zero-order valence-electron chi connectivity index (χ0n) is 8.53. The summed E-state index contributed by atoms with van der Waals surface area (Å²) in [6.45, 7) is 0.0500. The Labute approximate surface area is 107 Å². The number of nitrogens with zero attached hydrogens (tertiary/aromatic N) is 2. The van der Waals surface area contributed by atoms with Gasteiger partial charge in [-0.3, -0.25) is 0 Å². The van der Waals surface area contributed by atoms with Gasteiger partial charge in [-0.1, -0.05) is 41.4 Å². The van der Waals surface area contributed by atoms with Gasteiger partial charge in [-0.25, -0.2) is 4.39 Å². The Bertz CT molecular complexity index is 537. The van der Waals surface area contributed by atoms with Crippen LogP contribution in [0.1, 0.15) is 5.56 Å². The third-order valence-corrected chi connectivity index (χ3v) is 2.47. The summed E-state index contributed by atoms with van der Waals surface area (Å²) in [7, 11) is 0. The van der Waals surface area contributed by atoms with Crippen LogP contribution in [-0.4, -0.2) is 10.2 Å². The van der Waals surface area contributed by atoms with E-state index < -0.39 is 0 Å². The fourth-order valence-corrected chi connectivity index (χ4v) is 1.49. The molecule has 0 aliphatic rings. The molecule has 1 aromatic carbocycles. The average molecular weight is 273 g/mol. The van der Waals surface area contributed by atoms with Crippen molar-refractivity contribution in [1.29, 1.82) is 0 Å². The molecule has 0 amide bonds. The maximum absolute atomic E-state index is 13.3. The molecule has 0 spiro atoms. The molecule has 0 N–H and O–H groups in total. The molecule has 1 aromatic heterocycles. The minimum atomic E-state index is -0.336. The Balaban J connectivity index is 2.12. The molecule has 1 heterocycles. The third-order valence-electron chi connectivity index (χ3n) is 2.03. The number of ether oxygens (including phenoxy) is 1. The molecule has 0 aliphatic heterocycles. The van der Waals surface area contributed by atoms with Crippen LogP contribution in [0.2, 0.25) is 10.3 Å². The molecule has 88 valence electrons. The van der Waals surface area contributed by atoms with E-state index in [2.05, 4.69) is 10.2 Å². The van der Waals surface area contributed by atoms with Crippen LogP contribution in [0.4, 0.5) is 4.39 Å². The largest absolute Gasteiger partial charge is 0.485 e. The van der Waals surface area contributed by atoms with E-state index in [-0.39, 0.29) is 28.5 Å². The van der Waals surface area contributed by atoms with Gasteiger partial charge in [0.25, 0.3) is 0 Å². The number of hydrogen-bond donors (Lipinski definition) is 0. The summed E-state index contributed by atoms with van der Waals surface area (Å²) in [6.07, 6.45) is 0. The van der Waals surface area contributed by atoms with E-state index in [1.165, 1.54) is 12.1 Å². The molecular weight excluding hydrogens is 266 g/mol.